The molecule has 1 amide bonds. The van der Waals surface area contributed by atoms with E-state index in [1.165, 1.54) is 0 Å². The van der Waals surface area contributed by atoms with Crippen LogP contribution < -0.4 is 0 Å². The van der Waals surface area contributed by atoms with E-state index in [2.05, 4.69) is 0 Å². The van der Waals surface area contributed by atoms with Crippen LogP contribution in [0, 0.1) is 0 Å². The SMILES string of the molecule is CCN1C=C(C)C(=O)CC1=O. The number of hydrogen-bond acceptors (Lipinski definition) is 2. The predicted molar refractivity (Wildman–Crippen MR) is 40.8 cm³/mol. The average Bonchev–Trinajstić information content (AvgIpc) is 1.97. The van der Waals surface area contributed by atoms with E-state index in [4.69, 9.17) is 0 Å². The van der Waals surface area contributed by atoms with Crippen molar-refractivity contribution in [2.45, 2.75) is 20.3 Å². The number of rotatable bonds is 1. The number of carbonyl (C=O) groups is 2. The average molecular weight is 153 g/mol. The van der Waals surface area contributed by atoms with Gasteiger partial charge < -0.3 is 4.90 Å². The van der Waals surface area contributed by atoms with Crippen LogP contribution in [0.5, 0.6) is 0 Å². The Morgan fingerprint density at radius 3 is 2.73 bits per heavy atom. The van der Waals surface area contributed by atoms with Crippen LogP contribution in [0.15, 0.2) is 11.8 Å². The summed E-state index contributed by atoms with van der Waals surface area (Å²) in [6.07, 6.45) is 1.66. The molecule has 0 aromatic rings. The van der Waals surface area contributed by atoms with E-state index >= 15 is 0 Å². The van der Waals surface area contributed by atoms with E-state index < -0.39 is 0 Å². The Morgan fingerprint density at radius 2 is 2.18 bits per heavy atom. The van der Waals surface area contributed by atoms with Crippen LogP contribution in [0.3, 0.4) is 0 Å². The first-order valence-electron chi connectivity index (χ1n) is 3.66. The number of carbonyl (C=O) groups excluding carboxylic acids is 2. The third kappa shape index (κ3) is 1.48. The predicted octanol–water partition coefficient (Wildman–Crippen LogP) is 0.712. The summed E-state index contributed by atoms with van der Waals surface area (Å²) in [5.74, 6) is -0.150. The van der Waals surface area contributed by atoms with Crippen molar-refractivity contribution in [1.29, 1.82) is 0 Å². The molecule has 0 fully saturated rings. The second kappa shape index (κ2) is 2.86. The monoisotopic (exact) mass is 153 g/mol. The minimum absolute atomic E-state index is 0.0379. The molecule has 1 aliphatic heterocycles. The van der Waals surface area contributed by atoms with Gasteiger partial charge in [-0.1, -0.05) is 0 Å². The molecule has 60 valence electrons. The van der Waals surface area contributed by atoms with E-state index in [9.17, 15) is 9.59 Å². The van der Waals surface area contributed by atoms with Crippen molar-refractivity contribution in [3.8, 4) is 0 Å². The molecule has 0 unspecified atom stereocenters. The first kappa shape index (κ1) is 7.98. The molecule has 1 aliphatic rings. The van der Waals surface area contributed by atoms with Gasteiger partial charge in [0.15, 0.2) is 5.78 Å². The lowest BCUT2D eigenvalue weighted by Crippen LogP contribution is -2.32. The Bertz CT molecular complexity index is 230. The van der Waals surface area contributed by atoms with E-state index in [0.717, 1.165) is 0 Å². The minimum Gasteiger partial charge on any atom is -0.319 e. The van der Waals surface area contributed by atoms with Crippen LogP contribution in [0.25, 0.3) is 0 Å². The van der Waals surface area contributed by atoms with E-state index in [1.54, 1.807) is 18.0 Å². The molecule has 11 heavy (non-hydrogen) atoms. The molecule has 0 saturated carbocycles. The minimum atomic E-state index is -0.0944. The lowest BCUT2D eigenvalue weighted by molar-refractivity contribution is -0.133. The van der Waals surface area contributed by atoms with Gasteiger partial charge in [-0.05, 0) is 13.8 Å². The summed E-state index contributed by atoms with van der Waals surface area (Å²) in [7, 11) is 0. The summed E-state index contributed by atoms with van der Waals surface area (Å²) < 4.78 is 0. The topological polar surface area (TPSA) is 37.4 Å². The fraction of sp³-hybridized carbons (Fsp3) is 0.500. The molecular formula is C8H11NO2. The van der Waals surface area contributed by atoms with Crippen molar-refractivity contribution in [3.05, 3.63) is 11.8 Å². The molecule has 0 aromatic carbocycles. The molecule has 3 heteroatoms. The van der Waals surface area contributed by atoms with Gasteiger partial charge in [-0.3, -0.25) is 9.59 Å². The van der Waals surface area contributed by atoms with Crippen LogP contribution in [0.1, 0.15) is 20.3 Å². The first-order valence-corrected chi connectivity index (χ1v) is 3.66. The maximum absolute atomic E-state index is 11.0. The Balaban J connectivity index is 2.86. The molecule has 0 bridgehead atoms. The first-order chi connectivity index (χ1) is 5.15. The van der Waals surface area contributed by atoms with Gasteiger partial charge >= 0.3 is 0 Å². The second-order valence-corrected chi connectivity index (χ2v) is 2.59. The van der Waals surface area contributed by atoms with Crippen LogP contribution in [0.2, 0.25) is 0 Å². The molecule has 1 rings (SSSR count). The normalized spacial score (nSPS) is 18.7. The van der Waals surface area contributed by atoms with Gasteiger partial charge in [0.2, 0.25) is 5.91 Å². The van der Waals surface area contributed by atoms with Crippen LogP contribution >= 0.6 is 0 Å². The fourth-order valence-electron chi connectivity index (χ4n) is 1.02. The van der Waals surface area contributed by atoms with Gasteiger partial charge in [0, 0.05) is 18.3 Å². The molecule has 1 heterocycles. The van der Waals surface area contributed by atoms with E-state index in [0.29, 0.717) is 12.1 Å². The highest BCUT2D eigenvalue weighted by atomic mass is 16.2. The highest BCUT2D eigenvalue weighted by Gasteiger charge is 2.21. The Morgan fingerprint density at radius 1 is 1.55 bits per heavy atom. The van der Waals surface area contributed by atoms with Gasteiger partial charge in [0.05, 0.1) is 6.42 Å². The molecule has 0 aromatic heterocycles. The molecule has 0 radical (unpaired) electrons. The quantitative estimate of drug-likeness (QED) is 0.520. The van der Waals surface area contributed by atoms with Crippen molar-refractivity contribution >= 4 is 11.7 Å². The molecular weight excluding hydrogens is 142 g/mol. The van der Waals surface area contributed by atoms with Gasteiger partial charge in [-0.25, -0.2) is 0 Å². The Hall–Kier alpha value is -1.12. The Labute approximate surface area is 65.7 Å². The summed E-state index contributed by atoms with van der Waals surface area (Å²) >= 11 is 0. The lowest BCUT2D eigenvalue weighted by Gasteiger charge is -2.20. The maximum atomic E-state index is 11.0. The summed E-state index contributed by atoms with van der Waals surface area (Å²) in [5, 5.41) is 0. The fourth-order valence-corrected chi connectivity index (χ4v) is 1.02. The number of nitrogens with zero attached hydrogens (tertiary/aromatic N) is 1. The molecule has 3 nitrogen and oxygen atoms in total. The van der Waals surface area contributed by atoms with Crippen molar-refractivity contribution in [3.63, 3.8) is 0 Å². The molecule has 0 saturated heterocycles. The lowest BCUT2D eigenvalue weighted by atomic mass is 10.1. The third-order valence-electron chi connectivity index (χ3n) is 1.76. The highest BCUT2D eigenvalue weighted by molar-refractivity contribution is 6.09. The largest absolute Gasteiger partial charge is 0.319 e. The summed E-state index contributed by atoms with van der Waals surface area (Å²) in [6.45, 7) is 4.26. The van der Waals surface area contributed by atoms with Crippen molar-refractivity contribution < 1.29 is 9.59 Å². The molecule has 0 atom stereocenters. The molecule has 0 aliphatic carbocycles. The zero-order valence-corrected chi connectivity index (χ0v) is 6.76. The van der Waals surface area contributed by atoms with Crippen molar-refractivity contribution in [2.24, 2.45) is 0 Å². The second-order valence-electron chi connectivity index (χ2n) is 2.59. The van der Waals surface area contributed by atoms with Crippen molar-refractivity contribution in [2.75, 3.05) is 6.54 Å². The number of Topliss-reactive ketones (excluding diaryl/α,β-unsaturated/α-hetero) is 1. The Kier molecular flexibility index (Phi) is 2.08. The number of ketones is 1. The number of allylic oxidation sites excluding steroid dienone is 1. The van der Waals surface area contributed by atoms with Crippen LogP contribution in [0.4, 0.5) is 0 Å². The van der Waals surface area contributed by atoms with Crippen LogP contribution in [-0.4, -0.2) is 23.1 Å². The van der Waals surface area contributed by atoms with Gasteiger partial charge in [0.1, 0.15) is 0 Å². The van der Waals surface area contributed by atoms with Gasteiger partial charge in [0.25, 0.3) is 0 Å². The molecule has 0 N–H and O–H groups in total. The van der Waals surface area contributed by atoms with E-state index in [1.807, 2.05) is 6.92 Å². The number of hydrogen-bond donors (Lipinski definition) is 0. The zero-order valence-electron chi connectivity index (χ0n) is 6.76. The summed E-state index contributed by atoms with van der Waals surface area (Å²) in [4.78, 5) is 23.6. The van der Waals surface area contributed by atoms with Crippen LogP contribution in [-0.2, 0) is 9.59 Å². The highest BCUT2D eigenvalue weighted by Crippen LogP contribution is 2.10. The summed E-state index contributed by atoms with van der Waals surface area (Å²) in [6, 6.07) is 0. The third-order valence-corrected chi connectivity index (χ3v) is 1.76. The zero-order chi connectivity index (χ0) is 8.43. The smallest absolute Gasteiger partial charge is 0.234 e. The summed E-state index contributed by atoms with van der Waals surface area (Å²) in [5.41, 5.74) is 0.673. The van der Waals surface area contributed by atoms with Gasteiger partial charge in [-0.2, -0.15) is 0 Å². The number of amides is 1. The maximum Gasteiger partial charge on any atom is 0.234 e. The standard InChI is InChI=1S/C8H11NO2/c1-3-9-5-6(2)7(10)4-8(9)11/h5H,3-4H2,1-2H3. The van der Waals surface area contributed by atoms with Gasteiger partial charge in [-0.15, -0.1) is 0 Å². The van der Waals surface area contributed by atoms with E-state index in [-0.39, 0.29) is 18.1 Å². The van der Waals surface area contributed by atoms with Crippen molar-refractivity contribution in [1.82, 2.24) is 4.90 Å². The molecule has 0 spiro atoms.